The van der Waals surface area contributed by atoms with Crippen LogP contribution >= 0.6 is 0 Å². The van der Waals surface area contributed by atoms with Crippen LogP contribution in [0.4, 0.5) is 4.39 Å². The number of hydrogen-bond acceptors (Lipinski definition) is 3. The summed E-state index contributed by atoms with van der Waals surface area (Å²) in [5.41, 5.74) is 0.369. The summed E-state index contributed by atoms with van der Waals surface area (Å²) in [4.78, 5) is 11.0. The van der Waals surface area contributed by atoms with E-state index in [1.165, 1.54) is 7.11 Å². The van der Waals surface area contributed by atoms with Gasteiger partial charge in [-0.3, -0.25) is 0 Å². The van der Waals surface area contributed by atoms with Gasteiger partial charge in [0.2, 0.25) is 5.83 Å². The van der Waals surface area contributed by atoms with Crippen LogP contribution < -0.4 is 0 Å². The fraction of sp³-hybridized carbons (Fsp3) is 0.700. The minimum absolute atomic E-state index is 0.137. The lowest BCUT2D eigenvalue weighted by Gasteiger charge is -2.06. The first-order valence-electron chi connectivity index (χ1n) is 4.70. The minimum Gasteiger partial charge on any atom is -0.461 e. The lowest BCUT2D eigenvalue weighted by molar-refractivity contribution is -0.140. The van der Waals surface area contributed by atoms with E-state index < -0.39 is 11.8 Å². The molecule has 0 rings (SSSR count). The molecule has 0 aromatic heterocycles. The summed E-state index contributed by atoms with van der Waals surface area (Å²) in [5.74, 6) is -1.71. The van der Waals surface area contributed by atoms with Gasteiger partial charge in [-0.25, -0.2) is 4.79 Å². The molecule has 3 nitrogen and oxygen atoms in total. The van der Waals surface area contributed by atoms with Crippen LogP contribution in [0.25, 0.3) is 0 Å². The van der Waals surface area contributed by atoms with E-state index in [0.717, 1.165) is 6.42 Å². The van der Waals surface area contributed by atoms with Crippen LogP contribution in [-0.4, -0.2) is 26.3 Å². The molecule has 0 N–H and O–H groups in total. The molecule has 0 saturated carbocycles. The van der Waals surface area contributed by atoms with E-state index in [9.17, 15) is 9.18 Å². The first kappa shape index (κ1) is 13.1. The summed E-state index contributed by atoms with van der Waals surface area (Å²) in [6.45, 7) is 3.87. The Bertz CT molecular complexity index is 203. The molecule has 0 aromatic rings. The van der Waals surface area contributed by atoms with Crippen LogP contribution in [-0.2, 0) is 14.3 Å². The molecule has 0 aliphatic carbocycles. The van der Waals surface area contributed by atoms with Crippen molar-refractivity contribution in [3.8, 4) is 0 Å². The maximum Gasteiger partial charge on any atom is 0.367 e. The Labute approximate surface area is 83.9 Å². The molecule has 0 fully saturated rings. The molecule has 0 radical (unpaired) electrons. The lowest BCUT2D eigenvalue weighted by Crippen LogP contribution is -2.09. The molecule has 14 heavy (non-hydrogen) atoms. The van der Waals surface area contributed by atoms with Crippen molar-refractivity contribution in [3.63, 3.8) is 0 Å². The van der Waals surface area contributed by atoms with Crippen LogP contribution in [0.5, 0.6) is 0 Å². The van der Waals surface area contributed by atoms with Crippen LogP contribution in [0.2, 0.25) is 0 Å². The molecule has 0 bridgehead atoms. The Balaban J connectivity index is 4.51. The van der Waals surface area contributed by atoms with Crippen LogP contribution in [0.15, 0.2) is 11.4 Å². The van der Waals surface area contributed by atoms with Gasteiger partial charge in [0.1, 0.15) is 0 Å². The third kappa shape index (κ3) is 4.37. The summed E-state index contributed by atoms with van der Waals surface area (Å²) in [6.07, 6.45) is 1.28. The van der Waals surface area contributed by atoms with Gasteiger partial charge in [-0.15, -0.1) is 0 Å². The minimum atomic E-state index is -0.895. The zero-order chi connectivity index (χ0) is 11.0. The monoisotopic (exact) mass is 204 g/mol. The predicted molar refractivity (Wildman–Crippen MR) is 51.6 cm³/mol. The van der Waals surface area contributed by atoms with E-state index >= 15 is 0 Å². The molecule has 82 valence electrons. The number of carbonyl (C=O) groups is 1. The Morgan fingerprint density at radius 1 is 1.36 bits per heavy atom. The number of esters is 1. The van der Waals surface area contributed by atoms with Gasteiger partial charge in [-0.05, 0) is 18.9 Å². The molecular formula is C10H17FO3. The number of carbonyl (C=O) groups excluding carboxylic acids is 1. The van der Waals surface area contributed by atoms with Crippen molar-refractivity contribution in [2.45, 2.75) is 26.7 Å². The van der Waals surface area contributed by atoms with Gasteiger partial charge < -0.3 is 9.47 Å². The molecule has 0 heterocycles. The highest BCUT2D eigenvalue weighted by Gasteiger charge is 2.15. The fourth-order valence-electron chi connectivity index (χ4n) is 1.06. The first-order valence-corrected chi connectivity index (χ1v) is 4.70. The molecule has 0 aromatic carbocycles. The molecule has 0 aliphatic heterocycles. The normalized spacial score (nSPS) is 12.3. The van der Waals surface area contributed by atoms with Crippen LogP contribution in [0.1, 0.15) is 26.7 Å². The topological polar surface area (TPSA) is 35.5 Å². The predicted octanol–water partition coefficient (Wildman–Crippen LogP) is 2.22. The molecular weight excluding hydrogens is 187 g/mol. The zero-order valence-corrected chi connectivity index (χ0v) is 8.93. The number of ether oxygens (including phenoxy) is 2. The molecule has 0 saturated heterocycles. The highest BCUT2D eigenvalue weighted by molar-refractivity contribution is 5.86. The fourth-order valence-corrected chi connectivity index (χ4v) is 1.06. The summed E-state index contributed by atoms with van der Waals surface area (Å²) < 4.78 is 22.7. The van der Waals surface area contributed by atoms with Gasteiger partial charge in [-0.2, -0.15) is 4.39 Å². The molecule has 0 aliphatic rings. The number of hydrogen-bond donors (Lipinski definition) is 0. The number of halogens is 1. The Morgan fingerprint density at radius 3 is 2.43 bits per heavy atom. The van der Waals surface area contributed by atoms with Crippen molar-refractivity contribution >= 4 is 5.97 Å². The quantitative estimate of drug-likeness (QED) is 0.491. The second-order valence-corrected chi connectivity index (χ2v) is 2.82. The third-order valence-electron chi connectivity index (χ3n) is 1.64. The number of methoxy groups -OCH3 is 1. The van der Waals surface area contributed by atoms with Gasteiger partial charge in [0.15, 0.2) is 0 Å². The van der Waals surface area contributed by atoms with Crippen molar-refractivity contribution in [2.24, 2.45) is 0 Å². The highest BCUT2D eigenvalue weighted by atomic mass is 19.1. The molecule has 0 atom stereocenters. The van der Waals surface area contributed by atoms with Gasteiger partial charge in [0.25, 0.3) is 0 Å². The van der Waals surface area contributed by atoms with Crippen molar-refractivity contribution < 1.29 is 18.7 Å². The van der Waals surface area contributed by atoms with Gasteiger partial charge in [-0.1, -0.05) is 13.3 Å². The van der Waals surface area contributed by atoms with Crippen LogP contribution in [0, 0.1) is 0 Å². The Kier molecular flexibility index (Phi) is 7.02. The smallest absolute Gasteiger partial charge is 0.367 e. The van der Waals surface area contributed by atoms with Crippen LogP contribution in [0.3, 0.4) is 0 Å². The van der Waals surface area contributed by atoms with E-state index in [0.29, 0.717) is 12.0 Å². The van der Waals surface area contributed by atoms with Gasteiger partial charge in [0, 0.05) is 7.11 Å². The second kappa shape index (κ2) is 7.50. The Hall–Kier alpha value is -0.900. The van der Waals surface area contributed by atoms with Crippen molar-refractivity contribution in [3.05, 3.63) is 11.4 Å². The zero-order valence-electron chi connectivity index (χ0n) is 8.93. The highest BCUT2D eigenvalue weighted by Crippen LogP contribution is 2.14. The first-order chi connectivity index (χ1) is 6.67. The van der Waals surface area contributed by atoms with Crippen molar-refractivity contribution in [1.82, 2.24) is 0 Å². The summed E-state index contributed by atoms with van der Waals surface area (Å²) in [5, 5.41) is 0. The number of rotatable bonds is 6. The molecule has 0 spiro atoms. The summed E-state index contributed by atoms with van der Waals surface area (Å²) in [6, 6.07) is 0. The van der Waals surface area contributed by atoms with Crippen molar-refractivity contribution in [1.29, 1.82) is 0 Å². The second-order valence-electron chi connectivity index (χ2n) is 2.82. The lowest BCUT2D eigenvalue weighted by atomic mass is 10.1. The van der Waals surface area contributed by atoms with Gasteiger partial charge >= 0.3 is 5.97 Å². The van der Waals surface area contributed by atoms with E-state index in [1.54, 1.807) is 6.92 Å². The van der Waals surface area contributed by atoms with E-state index in [2.05, 4.69) is 4.74 Å². The van der Waals surface area contributed by atoms with E-state index in [4.69, 9.17) is 4.74 Å². The molecule has 0 unspecified atom stereocenters. The standard InChI is InChI=1S/C10H17FO3/c1-4-6-8(7-13-3)9(11)10(12)14-5-2/h4-7H2,1-3H3. The largest absolute Gasteiger partial charge is 0.461 e. The third-order valence-corrected chi connectivity index (χ3v) is 1.64. The Morgan fingerprint density at radius 2 is 2.00 bits per heavy atom. The summed E-state index contributed by atoms with van der Waals surface area (Å²) >= 11 is 0. The average Bonchev–Trinajstić information content (AvgIpc) is 2.17. The van der Waals surface area contributed by atoms with Crippen molar-refractivity contribution in [2.75, 3.05) is 20.3 Å². The summed E-state index contributed by atoms with van der Waals surface area (Å²) in [7, 11) is 1.47. The average molecular weight is 204 g/mol. The maximum atomic E-state index is 13.3. The van der Waals surface area contributed by atoms with E-state index in [-0.39, 0.29) is 13.2 Å². The van der Waals surface area contributed by atoms with E-state index in [1.807, 2.05) is 6.92 Å². The SMILES string of the molecule is CCCC(COC)=C(F)C(=O)OCC. The molecule has 4 heteroatoms. The molecule has 0 amide bonds. The maximum absolute atomic E-state index is 13.3. The van der Waals surface area contributed by atoms with Gasteiger partial charge in [0.05, 0.1) is 13.2 Å².